The highest BCUT2D eigenvalue weighted by Crippen LogP contribution is 2.32. The topological polar surface area (TPSA) is 45.2 Å². The number of benzene rings is 1. The van der Waals surface area contributed by atoms with Gasteiger partial charge in [-0.05, 0) is 37.9 Å². The number of aromatic nitrogens is 1. The number of nitrogens with zero attached hydrogens (tertiary/aromatic N) is 2. The molecular weight excluding hydrogens is 330 g/mol. The van der Waals surface area contributed by atoms with Crippen molar-refractivity contribution in [3.8, 4) is 0 Å². The van der Waals surface area contributed by atoms with Crippen molar-refractivity contribution in [3.63, 3.8) is 0 Å². The lowest BCUT2D eigenvalue weighted by molar-refractivity contribution is -0.122. The number of rotatable bonds is 8. The number of hydrogen-bond donors (Lipinski definition) is 1. The van der Waals surface area contributed by atoms with E-state index in [-0.39, 0.29) is 5.91 Å². The number of unbranched alkanes of at least 4 members (excludes halogenated alkanes) is 3. The number of carbonyl (C=O) groups excluding carboxylic acids is 1. The molecule has 0 spiro atoms. The number of hydrogen-bond acceptors (Lipinski definition) is 4. The number of carbonyl (C=O) groups is 1. The Morgan fingerprint density at radius 3 is 3.04 bits per heavy atom. The molecular formula is C20H29N3OS. The number of likely N-dealkylation sites (tertiary alicyclic amines) is 1. The lowest BCUT2D eigenvalue weighted by Gasteiger charge is -2.31. The molecule has 1 atom stereocenters. The van der Waals surface area contributed by atoms with Crippen molar-refractivity contribution >= 4 is 27.5 Å². The summed E-state index contributed by atoms with van der Waals surface area (Å²) in [6.45, 7) is 5.51. The van der Waals surface area contributed by atoms with Crippen LogP contribution in [-0.4, -0.2) is 42.0 Å². The smallest absolute Gasteiger partial charge is 0.234 e. The van der Waals surface area contributed by atoms with Gasteiger partial charge in [-0.1, -0.05) is 38.3 Å². The lowest BCUT2D eigenvalue weighted by atomic mass is 9.99. The molecule has 3 rings (SSSR count). The third-order valence-electron chi connectivity index (χ3n) is 4.88. The summed E-state index contributed by atoms with van der Waals surface area (Å²) in [5.74, 6) is 0.630. The predicted molar refractivity (Wildman–Crippen MR) is 105 cm³/mol. The number of para-hydroxylation sites is 1. The van der Waals surface area contributed by atoms with Crippen LogP contribution in [0.5, 0.6) is 0 Å². The van der Waals surface area contributed by atoms with Gasteiger partial charge < -0.3 is 5.32 Å². The van der Waals surface area contributed by atoms with Gasteiger partial charge in [-0.25, -0.2) is 4.98 Å². The Balaban J connectivity index is 1.48. The molecule has 0 aliphatic carbocycles. The summed E-state index contributed by atoms with van der Waals surface area (Å²) in [7, 11) is 0. The zero-order valence-electron chi connectivity index (χ0n) is 15.2. The summed E-state index contributed by atoms with van der Waals surface area (Å²) in [4.78, 5) is 19.3. The zero-order chi connectivity index (χ0) is 17.5. The minimum Gasteiger partial charge on any atom is -0.355 e. The van der Waals surface area contributed by atoms with E-state index in [4.69, 9.17) is 4.98 Å². The molecule has 2 aromatic rings. The minimum absolute atomic E-state index is 0.168. The first-order valence-corrected chi connectivity index (χ1v) is 10.4. The minimum atomic E-state index is 0.168. The molecule has 136 valence electrons. The van der Waals surface area contributed by atoms with E-state index in [1.54, 1.807) is 0 Å². The van der Waals surface area contributed by atoms with Gasteiger partial charge in [-0.15, -0.1) is 11.3 Å². The Morgan fingerprint density at radius 2 is 2.20 bits per heavy atom. The Hall–Kier alpha value is -1.46. The Morgan fingerprint density at radius 1 is 1.32 bits per heavy atom. The van der Waals surface area contributed by atoms with Gasteiger partial charge in [0, 0.05) is 19.0 Å². The molecule has 1 aliphatic heterocycles. The van der Waals surface area contributed by atoms with Gasteiger partial charge in [0.1, 0.15) is 0 Å². The second-order valence-electron chi connectivity index (χ2n) is 7.00. The maximum absolute atomic E-state index is 12.2. The van der Waals surface area contributed by atoms with Crippen LogP contribution in [0.4, 0.5) is 0 Å². The highest BCUT2D eigenvalue weighted by Gasteiger charge is 2.25. The molecule has 1 saturated heterocycles. The third kappa shape index (κ3) is 5.25. The quantitative estimate of drug-likeness (QED) is 0.720. The predicted octanol–water partition coefficient (Wildman–Crippen LogP) is 4.17. The van der Waals surface area contributed by atoms with E-state index in [9.17, 15) is 4.79 Å². The lowest BCUT2D eigenvalue weighted by Crippen LogP contribution is -2.42. The molecule has 0 unspecified atom stereocenters. The van der Waals surface area contributed by atoms with Crippen LogP contribution in [0.2, 0.25) is 0 Å². The maximum Gasteiger partial charge on any atom is 0.234 e. The van der Waals surface area contributed by atoms with Crippen LogP contribution in [-0.2, 0) is 4.79 Å². The SMILES string of the molecule is CCCCCCNC(=O)CN1CCC[C@H](c2nc3ccccc3s2)C1. The van der Waals surface area contributed by atoms with Crippen LogP contribution in [0.1, 0.15) is 56.4 Å². The molecule has 4 nitrogen and oxygen atoms in total. The zero-order valence-corrected chi connectivity index (χ0v) is 16.0. The van der Waals surface area contributed by atoms with Crippen LogP contribution >= 0.6 is 11.3 Å². The second-order valence-corrected chi connectivity index (χ2v) is 8.07. The van der Waals surface area contributed by atoms with Gasteiger partial charge >= 0.3 is 0 Å². The average molecular weight is 360 g/mol. The molecule has 1 fully saturated rings. The van der Waals surface area contributed by atoms with Crippen LogP contribution in [0, 0.1) is 0 Å². The Kier molecular flexibility index (Phi) is 6.82. The van der Waals surface area contributed by atoms with Crippen molar-refractivity contribution in [2.45, 2.75) is 51.4 Å². The average Bonchev–Trinajstić information content (AvgIpc) is 3.06. The third-order valence-corrected chi connectivity index (χ3v) is 6.08. The van der Waals surface area contributed by atoms with Gasteiger partial charge in [-0.2, -0.15) is 0 Å². The monoisotopic (exact) mass is 359 g/mol. The first-order chi connectivity index (χ1) is 12.3. The van der Waals surface area contributed by atoms with Gasteiger partial charge in [0.15, 0.2) is 0 Å². The number of amides is 1. The molecule has 2 heterocycles. The molecule has 0 bridgehead atoms. The highest BCUT2D eigenvalue weighted by molar-refractivity contribution is 7.18. The molecule has 1 aromatic heterocycles. The number of thiazole rings is 1. The summed E-state index contributed by atoms with van der Waals surface area (Å²) in [5.41, 5.74) is 1.10. The molecule has 0 saturated carbocycles. The van der Waals surface area contributed by atoms with Gasteiger partial charge in [0.2, 0.25) is 5.91 Å². The van der Waals surface area contributed by atoms with Gasteiger partial charge in [-0.3, -0.25) is 9.69 Å². The largest absolute Gasteiger partial charge is 0.355 e. The van der Waals surface area contributed by atoms with E-state index in [1.807, 2.05) is 17.4 Å². The van der Waals surface area contributed by atoms with Crippen molar-refractivity contribution < 1.29 is 4.79 Å². The fourth-order valence-corrected chi connectivity index (χ4v) is 4.60. The standard InChI is InChI=1S/C20H29N3OS/c1-2-3-4-7-12-21-19(24)15-23-13-8-9-16(14-23)20-22-17-10-5-6-11-18(17)25-20/h5-6,10-11,16H,2-4,7-9,12-15H2,1H3,(H,21,24)/t16-/m0/s1. The molecule has 0 radical (unpaired) electrons. The Bertz CT molecular complexity index is 651. The molecule has 1 N–H and O–H groups in total. The molecule has 1 aromatic carbocycles. The number of nitrogens with one attached hydrogen (secondary N) is 1. The summed E-state index contributed by atoms with van der Waals surface area (Å²) in [6.07, 6.45) is 7.11. The fraction of sp³-hybridized carbons (Fsp3) is 0.600. The summed E-state index contributed by atoms with van der Waals surface area (Å²) in [6, 6.07) is 8.34. The highest BCUT2D eigenvalue weighted by atomic mass is 32.1. The van der Waals surface area contributed by atoms with Crippen LogP contribution in [0.15, 0.2) is 24.3 Å². The van der Waals surface area contributed by atoms with Crippen LogP contribution < -0.4 is 5.32 Å². The number of fused-ring (bicyclic) bond motifs is 1. The normalized spacial score (nSPS) is 18.5. The van der Waals surface area contributed by atoms with Crippen molar-refractivity contribution in [3.05, 3.63) is 29.3 Å². The first kappa shape index (κ1) is 18.3. The summed E-state index contributed by atoms with van der Waals surface area (Å²) >= 11 is 1.81. The van der Waals surface area contributed by atoms with E-state index in [1.165, 1.54) is 35.4 Å². The van der Waals surface area contributed by atoms with E-state index in [0.717, 1.165) is 38.0 Å². The van der Waals surface area contributed by atoms with E-state index < -0.39 is 0 Å². The van der Waals surface area contributed by atoms with E-state index >= 15 is 0 Å². The second kappa shape index (κ2) is 9.30. The number of piperidine rings is 1. The van der Waals surface area contributed by atoms with E-state index in [2.05, 4.69) is 35.3 Å². The molecule has 5 heteroatoms. The summed E-state index contributed by atoms with van der Waals surface area (Å²) in [5, 5.41) is 4.30. The van der Waals surface area contributed by atoms with E-state index in [0.29, 0.717) is 12.5 Å². The maximum atomic E-state index is 12.2. The molecule has 1 aliphatic rings. The van der Waals surface area contributed by atoms with Crippen LogP contribution in [0.25, 0.3) is 10.2 Å². The molecule has 25 heavy (non-hydrogen) atoms. The van der Waals surface area contributed by atoms with Crippen molar-refractivity contribution in [1.82, 2.24) is 15.2 Å². The van der Waals surface area contributed by atoms with Crippen LogP contribution in [0.3, 0.4) is 0 Å². The fourth-order valence-electron chi connectivity index (χ4n) is 3.50. The van der Waals surface area contributed by atoms with Crippen molar-refractivity contribution in [2.24, 2.45) is 0 Å². The molecule has 1 amide bonds. The van der Waals surface area contributed by atoms with Crippen molar-refractivity contribution in [2.75, 3.05) is 26.2 Å². The first-order valence-electron chi connectivity index (χ1n) is 9.61. The Labute approximate surface area is 154 Å². The van der Waals surface area contributed by atoms with Crippen molar-refractivity contribution in [1.29, 1.82) is 0 Å². The van der Waals surface area contributed by atoms with Gasteiger partial charge in [0.25, 0.3) is 0 Å². The summed E-state index contributed by atoms with van der Waals surface area (Å²) < 4.78 is 1.26. The van der Waals surface area contributed by atoms with Gasteiger partial charge in [0.05, 0.1) is 21.8 Å².